The molecule has 0 spiro atoms. The summed E-state index contributed by atoms with van der Waals surface area (Å²) < 4.78 is 5.45. The second kappa shape index (κ2) is 11.3. The molecule has 0 N–H and O–H groups in total. The average molecular weight is 264 g/mol. The Labute approximate surface area is 113 Å². The molecule has 0 aliphatic rings. The average Bonchev–Trinajstić information content (AvgIpc) is 2.26. The van der Waals surface area contributed by atoms with Gasteiger partial charge in [0.1, 0.15) is 0 Å². The van der Waals surface area contributed by atoms with Crippen molar-refractivity contribution in [3.05, 3.63) is 0 Å². The van der Waals surface area contributed by atoms with Gasteiger partial charge in [-0.25, -0.2) is 0 Å². The van der Waals surface area contributed by atoms with Crippen LogP contribution in [0.2, 0.25) is 0 Å². The number of halogens is 1. The Bertz CT molecular complexity index is 150. The van der Waals surface area contributed by atoms with E-state index in [1.807, 2.05) is 0 Å². The van der Waals surface area contributed by atoms with Gasteiger partial charge in [0.2, 0.25) is 0 Å². The molecule has 0 atom stereocenters. The molecule has 0 amide bonds. The fourth-order valence-corrected chi connectivity index (χ4v) is 1.68. The fraction of sp³-hybridized carbons (Fsp3) is 1.00. The third-order valence-corrected chi connectivity index (χ3v) is 2.97. The van der Waals surface area contributed by atoms with Crippen LogP contribution >= 0.6 is 11.6 Å². The van der Waals surface area contributed by atoms with Gasteiger partial charge in [-0.2, -0.15) is 0 Å². The molecule has 0 radical (unpaired) electrons. The summed E-state index contributed by atoms with van der Waals surface area (Å²) in [6.45, 7) is 14.0. The van der Waals surface area contributed by atoms with Crippen molar-refractivity contribution in [3.8, 4) is 0 Å². The maximum absolute atomic E-state index is 5.58. The van der Waals surface area contributed by atoms with E-state index in [0.717, 1.165) is 25.0 Å². The predicted molar refractivity (Wildman–Crippen MR) is 76.9 cm³/mol. The first-order valence-corrected chi connectivity index (χ1v) is 7.45. The van der Waals surface area contributed by atoms with Crippen LogP contribution in [0.3, 0.4) is 0 Å². The quantitative estimate of drug-likeness (QED) is 0.417. The van der Waals surface area contributed by atoms with Gasteiger partial charge in [-0.15, -0.1) is 11.6 Å². The molecule has 3 heteroatoms. The summed E-state index contributed by atoms with van der Waals surface area (Å²) in [6, 6.07) is 0. The zero-order valence-corrected chi connectivity index (χ0v) is 12.8. The van der Waals surface area contributed by atoms with Gasteiger partial charge in [0, 0.05) is 12.4 Å². The molecule has 0 saturated carbocycles. The van der Waals surface area contributed by atoms with Crippen molar-refractivity contribution < 1.29 is 4.74 Å². The van der Waals surface area contributed by atoms with Crippen LogP contribution in [0.1, 0.15) is 40.5 Å². The Morgan fingerprint density at radius 3 is 1.82 bits per heavy atom. The number of nitrogens with zero attached hydrogens (tertiary/aromatic N) is 1. The number of hydrogen-bond donors (Lipinski definition) is 0. The van der Waals surface area contributed by atoms with E-state index in [2.05, 4.69) is 32.6 Å². The van der Waals surface area contributed by atoms with Gasteiger partial charge in [0.15, 0.2) is 0 Å². The van der Waals surface area contributed by atoms with Gasteiger partial charge in [0.25, 0.3) is 0 Å². The Morgan fingerprint density at radius 2 is 1.41 bits per heavy atom. The van der Waals surface area contributed by atoms with Crippen molar-refractivity contribution in [2.45, 2.75) is 40.5 Å². The zero-order chi connectivity index (χ0) is 13.1. The molecule has 0 unspecified atom stereocenters. The Hall–Kier alpha value is 0.210. The Balaban J connectivity index is 3.75. The molecule has 0 bridgehead atoms. The lowest BCUT2D eigenvalue weighted by atomic mass is 10.1. The van der Waals surface area contributed by atoms with Gasteiger partial charge in [-0.05, 0) is 37.8 Å². The monoisotopic (exact) mass is 263 g/mol. The number of alkyl halides is 1. The summed E-state index contributed by atoms with van der Waals surface area (Å²) in [5, 5.41) is 0. The smallest absolute Gasteiger partial charge is 0.0602 e. The molecular weight excluding hydrogens is 234 g/mol. The second-order valence-corrected chi connectivity index (χ2v) is 5.89. The molecule has 0 fully saturated rings. The molecule has 0 aromatic rings. The highest BCUT2D eigenvalue weighted by molar-refractivity contribution is 6.17. The lowest BCUT2D eigenvalue weighted by Crippen LogP contribution is -2.31. The SMILES string of the molecule is CC(C)CCN(CCOCCCl)CCC(C)C. The van der Waals surface area contributed by atoms with E-state index in [1.165, 1.54) is 25.9 Å². The summed E-state index contributed by atoms with van der Waals surface area (Å²) in [7, 11) is 0. The first kappa shape index (κ1) is 17.2. The van der Waals surface area contributed by atoms with Crippen molar-refractivity contribution in [1.29, 1.82) is 0 Å². The number of ether oxygens (including phenoxy) is 1. The molecular formula is C14H30ClNO. The molecule has 17 heavy (non-hydrogen) atoms. The molecule has 0 aromatic carbocycles. The third kappa shape index (κ3) is 12.5. The van der Waals surface area contributed by atoms with Gasteiger partial charge >= 0.3 is 0 Å². The van der Waals surface area contributed by atoms with Crippen molar-refractivity contribution in [1.82, 2.24) is 4.90 Å². The van der Waals surface area contributed by atoms with E-state index in [4.69, 9.17) is 16.3 Å². The lowest BCUT2D eigenvalue weighted by molar-refractivity contribution is 0.110. The summed E-state index contributed by atoms with van der Waals surface area (Å²) in [4.78, 5) is 2.52. The van der Waals surface area contributed by atoms with Gasteiger partial charge in [-0.3, -0.25) is 0 Å². The van der Waals surface area contributed by atoms with Crippen LogP contribution in [0.5, 0.6) is 0 Å². The largest absolute Gasteiger partial charge is 0.379 e. The summed E-state index contributed by atoms with van der Waals surface area (Å²) in [6.07, 6.45) is 2.54. The van der Waals surface area contributed by atoms with Gasteiger partial charge in [0.05, 0.1) is 13.2 Å². The molecule has 0 saturated heterocycles. The van der Waals surface area contributed by atoms with Crippen LogP contribution < -0.4 is 0 Å². The minimum absolute atomic E-state index is 0.595. The summed E-state index contributed by atoms with van der Waals surface area (Å²) >= 11 is 5.58. The highest BCUT2D eigenvalue weighted by atomic mass is 35.5. The lowest BCUT2D eigenvalue weighted by Gasteiger charge is -2.24. The summed E-state index contributed by atoms with van der Waals surface area (Å²) in [5.74, 6) is 2.15. The van der Waals surface area contributed by atoms with E-state index in [0.29, 0.717) is 12.5 Å². The van der Waals surface area contributed by atoms with Gasteiger partial charge in [-0.1, -0.05) is 27.7 Å². The minimum Gasteiger partial charge on any atom is -0.379 e. The van der Waals surface area contributed by atoms with Crippen LogP contribution in [0, 0.1) is 11.8 Å². The maximum atomic E-state index is 5.58. The normalized spacial score (nSPS) is 12.0. The van der Waals surface area contributed by atoms with E-state index >= 15 is 0 Å². The van der Waals surface area contributed by atoms with Crippen molar-refractivity contribution in [2.75, 3.05) is 38.7 Å². The standard InChI is InChI=1S/C14H30ClNO/c1-13(2)5-8-16(9-6-14(3)4)10-12-17-11-7-15/h13-14H,5-12H2,1-4H3. The Morgan fingerprint density at radius 1 is 0.882 bits per heavy atom. The number of rotatable bonds is 11. The molecule has 0 aromatic heterocycles. The van der Waals surface area contributed by atoms with E-state index in [1.54, 1.807) is 0 Å². The van der Waals surface area contributed by atoms with Crippen LogP contribution in [-0.2, 0) is 4.74 Å². The first-order valence-electron chi connectivity index (χ1n) is 6.92. The van der Waals surface area contributed by atoms with Crippen molar-refractivity contribution >= 4 is 11.6 Å². The third-order valence-electron chi connectivity index (χ3n) is 2.82. The Kier molecular flexibility index (Phi) is 11.4. The highest BCUT2D eigenvalue weighted by Crippen LogP contribution is 2.06. The highest BCUT2D eigenvalue weighted by Gasteiger charge is 2.07. The fourth-order valence-electron chi connectivity index (χ4n) is 1.57. The summed E-state index contributed by atoms with van der Waals surface area (Å²) in [5.41, 5.74) is 0. The van der Waals surface area contributed by atoms with Crippen LogP contribution in [-0.4, -0.2) is 43.6 Å². The molecule has 0 aliphatic carbocycles. The van der Waals surface area contributed by atoms with Gasteiger partial charge < -0.3 is 9.64 Å². The second-order valence-electron chi connectivity index (χ2n) is 5.51. The first-order chi connectivity index (χ1) is 8.06. The van der Waals surface area contributed by atoms with Crippen molar-refractivity contribution in [3.63, 3.8) is 0 Å². The van der Waals surface area contributed by atoms with Crippen LogP contribution in [0.4, 0.5) is 0 Å². The minimum atomic E-state index is 0.595. The van der Waals surface area contributed by atoms with Crippen LogP contribution in [0.25, 0.3) is 0 Å². The topological polar surface area (TPSA) is 12.5 Å². The maximum Gasteiger partial charge on any atom is 0.0602 e. The molecule has 0 heterocycles. The molecule has 0 rings (SSSR count). The van der Waals surface area contributed by atoms with E-state index in [9.17, 15) is 0 Å². The molecule has 104 valence electrons. The van der Waals surface area contributed by atoms with Crippen molar-refractivity contribution in [2.24, 2.45) is 11.8 Å². The zero-order valence-electron chi connectivity index (χ0n) is 12.0. The molecule has 0 aliphatic heterocycles. The molecule has 2 nitrogen and oxygen atoms in total. The van der Waals surface area contributed by atoms with E-state index in [-0.39, 0.29) is 0 Å². The van der Waals surface area contributed by atoms with Crippen LogP contribution in [0.15, 0.2) is 0 Å². The van der Waals surface area contributed by atoms with E-state index < -0.39 is 0 Å². The predicted octanol–water partition coefficient (Wildman–Crippen LogP) is 3.64. The number of hydrogen-bond acceptors (Lipinski definition) is 2.